The van der Waals surface area contributed by atoms with Crippen molar-refractivity contribution in [3.05, 3.63) is 76.3 Å². The molecule has 1 aliphatic heterocycles. The highest BCUT2D eigenvalue weighted by atomic mass is 35.5. The molecule has 0 radical (unpaired) electrons. The lowest BCUT2D eigenvalue weighted by molar-refractivity contribution is -0.136. The third kappa shape index (κ3) is 5.05. The second-order valence-electron chi connectivity index (χ2n) is 8.08. The highest BCUT2D eigenvalue weighted by Gasteiger charge is 2.39. The van der Waals surface area contributed by atoms with Crippen molar-refractivity contribution >= 4 is 17.6 Å². The highest BCUT2D eigenvalue weighted by molar-refractivity contribution is 6.30. The van der Waals surface area contributed by atoms with Gasteiger partial charge in [0.25, 0.3) is 0 Å². The largest absolute Gasteiger partial charge is 0.496 e. The monoisotopic (exact) mass is 428 g/mol. The fourth-order valence-electron chi connectivity index (χ4n) is 4.29. The molecule has 0 aromatic heterocycles. The van der Waals surface area contributed by atoms with E-state index in [1.807, 2.05) is 37.3 Å². The van der Waals surface area contributed by atoms with Gasteiger partial charge in [0.05, 0.1) is 19.3 Å². The van der Waals surface area contributed by atoms with Gasteiger partial charge in [-0.1, -0.05) is 42.0 Å². The summed E-state index contributed by atoms with van der Waals surface area (Å²) < 4.78 is 12.2. The van der Waals surface area contributed by atoms with Crippen molar-refractivity contribution in [2.24, 2.45) is 5.92 Å². The maximum absolute atomic E-state index is 11.0. The lowest BCUT2D eigenvalue weighted by Gasteiger charge is -2.42. The maximum atomic E-state index is 11.0. The second kappa shape index (κ2) is 9.67. The number of rotatable bonds is 7. The Kier molecular flexibility index (Phi) is 7.22. The van der Waals surface area contributed by atoms with Gasteiger partial charge in [0.15, 0.2) is 0 Å². The molecule has 0 bridgehead atoms. The number of halogens is 1. The smallest absolute Gasteiger partial charge is 0.303 e. The Hall–Kier alpha value is -2.30. The average molecular weight is 429 g/mol. The van der Waals surface area contributed by atoms with Crippen LogP contribution in [0, 0.1) is 5.92 Å². The molecule has 4 atom stereocenters. The number of aryl methyl sites for hydroxylation is 1. The maximum Gasteiger partial charge on any atom is 0.303 e. The molecule has 0 amide bonds. The number of carboxylic acid groups (broad SMARTS) is 1. The van der Waals surface area contributed by atoms with Crippen molar-refractivity contribution in [2.75, 3.05) is 7.11 Å². The van der Waals surface area contributed by atoms with E-state index in [4.69, 9.17) is 26.2 Å². The van der Waals surface area contributed by atoms with Crippen molar-refractivity contribution < 1.29 is 19.4 Å². The summed E-state index contributed by atoms with van der Waals surface area (Å²) in [4.78, 5) is 11.0. The van der Waals surface area contributed by atoms with Crippen LogP contribution in [0.5, 0.6) is 5.75 Å². The number of hydrogen-bond donors (Lipinski definition) is 1. The molecule has 160 valence electrons. The number of methoxy groups -OCH3 is 1. The van der Waals surface area contributed by atoms with Crippen LogP contribution in [0.2, 0.25) is 5.02 Å². The Morgan fingerprint density at radius 1 is 1.27 bits per heavy atom. The van der Waals surface area contributed by atoms with Gasteiger partial charge in [0.2, 0.25) is 0 Å². The molecule has 1 N–H and O–H groups in total. The number of benzene rings is 2. The van der Waals surface area contributed by atoms with Crippen molar-refractivity contribution in [2.45, 2.75) is 51.2 Å². The van der Waals surface area contributed by atoms with E-state index in [2.05, 4.69) is 25.6 Å². The van der Waals surface area contributed by atoms with E-state index in [1.54, 1.807) is 7.11 Å². The average Bonchev–Trinajstić information content (AvgIpc) is 2.72. The van der Waals surface area contributed by atoms with Crippen molar-refractivity contribution in [3.63, 3.8) is 0 Å². The van der Waals surface area contributed by atoms with Gasteiger partial charge < -0.3 is 14.6 Å². The van der Waals surface area contributed by atoms with Gasteiger partial charge in [-0.05, 0) is 62.1 Å². The minimum atomic E-state index is -0.805. The molecule has 4 nitrogen and oxygen atoms in total. The van der Waals surface area contributed by atoms with Crippen LogP contribution in [-0.2, 0) is 16.0 Å². The molecule has 1 aliphatic rings. The Balaban J connectivity index is 1.93. The second-order valence-corrected chi connectivity index (χ2v) is 8.51. The molecule has 30 heavy (non-hydrogen) atoms. The molecule has 3 rings (SSSR count). The van der Waals surface area contributed by atoms with Crippen molar-refractivity contribution in [1.82, 2.24) is 0 Å². The SMILES string of the molecule is C=C(C)[C@H]1C[C@H](c2ccc(Cl)cc2)[C@H](C)O[C@@H]1c1cc(CCC(=O)O)ccc1OC. The first-order chi connectivity index (χ1) is 14.3. The Labute approximate surface area is 183 Å². The Morgan fingerprint density at radius 3 is 2.57 bits per heavy atom. The lowest BCUT2D eigenvalue weighted by atomic mass is 9.75. The summed E-state index contributed by atoms with van der Waals surface area (Å²) in [6.45, 7) is 8.38. The minimum Gasteiger partial charge on any atom is -0.496 e. The molecule has 0 spiro atoms. The zero-order chi connectivity index (χ0) is 21.8. The highest BCUT2D eigenvalue weighted by Crippen LogP contribution is 2.48. The fourth-order valence-corrected chi connectivity index (χ4v) is 4.42. The first kappa shape index (κ1) is 22.4. The quantitative estimate of drug-likeness (QED) is 0.534. The number of hydrogen-bond acceptors (Lipinski definition) is 3. The van der Waals surface area contributed by atoms with E-state index in [0.29, 0.717) is 6.42 Å². The lowest BCUT2D eigenvalue weighted by Crippen LogP contribution is -2.34. The number of ether oxygens (including phenoxy) is 2. The van der Waals surface area contributed by atoms with Gasteiger partial charge in [-0.3, -0.25) is 4.79 Å². The molecule has 1 fully saturated rings. The third-order valence-electron chi connectivity index (χ3n) is 5.96. The summed E-state index contributed by atoms with van der Waals surface area (Å²) >= 11 is 6.07. The number of carboxylic acids is 1. The van der Waals surface area contributed by atoms with Gasteiger partial charge in [-0.25, -0.2) is 0 Å². The van der Waals surface area contributed by atoms with Crippen LogP contribution in [0.25, 0.3) is 0 Å². The first-order valence-electron chi connectivity index (χ1n) is 10.2. The predicted octanol–water partition coefficient (Wildman–Crippen LogP) is 6.19. The Bertz CT molecular complexity index is 906. The van der Waals surface area contributed by atoms with Gasteiger partial charge in [0.1, 0.15) is 5.75 Å². The zero-order valence-corrected chi connectivity index (χ0v) is 18.5. The molecule has 0 saturated carbocycles. The van der Waals surface area contributed by atoms with Crippen LogP contribution in [0.1, 0.15) is 55.4 Å². The normalized spacial score (nSPS) is 23.7. The van der Waals surface area contributed by atoms with E-state index in [9.17, 15) is 4.79 Å². The van der Waals surface area contributed by atoms with Gasteiger partial charge in [-0.15, -0.1) is 0 Å². The molecular weight excluding hydrogens is 400 g/mol. The van der Waals surface area contributed by atoms with E-state index in [0.717, 1.165) is 33.9 Å². The molecule has 1 heterocycles. The number of aliphatic carboxylic acids is 1. The third-order valence-corrected chi connectivity index (χ3v) is 6.21. The van der Waals surface area contributed by atoms with E-state index >= 15 is 0 Å². The molecule has 0 unspecified atom stereocenters. The molecule has 2 aromatic rings. The topological polar surface area (TPSA) is 55.8 Å². The standard InChI is InChI=1S/C25H29ClO4/c1-15(2)20-14-21(18-7-9-19(26)10-8-18)16(3)30-25(20)22-13-17(6-12-24(27)28)5-11-23(22)29-4/h5,7-11,13,16,20-21,25H,1,6,12,14H2,2-4H3,(H,27,28)/t16-,20+,21-,25-/m0/s1. The van der Waals surface area contributed by atoms with Crippen molar-refractivity contribution in [1.29, 1.82) is 0 Å². The summed E-state index contributed by atoms with van der Waals surface area (Å²) in [7, 11) is 1.65. The summed E-state index contributed by atoms with van der Waals surface area (Å²) in [6.07, 6.45) is 1.28. The summed E-state index contributed by atoms with van der Waals surface area (Å²) in [6, 6.07) is 13.8. The summed E-state index contributed by atoms with van der Waals surface area (Å²) in [5.41, 5.74) is 4.18. The van der Waals surface area contributed by atoms with E-state index < -0.39 is 5.97 Å². The number of carbonyl (C=O) groups is 1. The van der Waals surface area contributed by atoms with Crippen LogP contribution in [-0.4, -0.2) is 24.3 Å². The van der Waals surface area contributed by atoms with Crippen LogP contribution >= 0.6 is 11.6 Å². The zero-order valence-electron chi connectivity index (χ0n) is 17.7. The Morgan fingerprint density at radius 2 is 1.97 bits per heavy atom. The molecule has 0 aliphatic carbocycles. The van der Waals surface area contributed by atoms with E-state index in [-0.39, 0.29) is 30.5 Å². The van der Waals surface area contributed by atoms with Crippen LogP contribution in [0.3, 0.4) is 0 Å². The van der Waals surface area contributed by atoms with Gasteiger partial charge in [-0.2, -0.15) is 0 Å². The molecule has 1 saturated heterocycles. The van der Waals surface area contributed by atoms with Gasteiger partial charge >= 0.3 is 5.97 Å². The van der Waals surface area contributed by atoms with Crippen LogP contribution in [0.4, 0.5) is 0 Å². The van der Waals surface area contributed by atoms with E-state index in [1.165, 1.54) is 5.56 Å². The summed E-state index contributed by atoms with van der Waals surface area (Å²) in [5.74, 6) is 0.301. The van der Waals surface area contributed by atoms with Gasteiger partial charge in [0, 0.05) is 28.8 Å². The predicted molar refractivity (Wildman–Crippen MR) is 119 cm³/mol. The van der Waals surface area contributed by atoms with Crippen LogP contribution in [0.15, 0.2) is 54.6 Å². The molecular formula is C25H29ClO4. The molecule has 5 heteroatoms. The summed E-state index contributed by atoms with van der Waals surface area (Å²) in [5, 5.41) is 9.75. The minimum absolute atomic E-state index is 0.000780. The fraction of sp³-hybridized carbons (Fsp3) is 0.400. The van der Waals surface area contributed by atoms with Crippen LogP contribution < -0.4 is 4.74 Å². The van der Waals surface area contributed by atoms with Crippen molar-refractivity contribution in [3.8, 4) is 5.75 Å². The first-order valence-corrected chi connectivity index (χ1v) is 10.6. The molecule has 2 aromatic carbocycles.